The van der Waals surface area contributed by atoms with Crippen LogP contribution in [0.15, 0.2) is 18.2 Å². The maximum atomic E-state index is 13.5. The van der Waals surface area contributed by atoms with E-state index < -0.39 is 17.7 Å². The molecule has 2 N–H and O–H groups in total. The van der Waals surface area contributed by atoms with Crippen molar-refractivity contribution >= 4 is 0 Å². The molecule has 94 valence electrons. The molecule has 1 aliphatic rings. The summed E-state index contributed by atoms with van der Waals surface area (Å²) in [5.74, 6) is -1.62. The molecule has 2 nitrogen and oxygen atoms in total. The zero-order chi connectivity index (χ0) is 12.3. The standard InChI is InChI=1S/C13H18F2N2/c14-11-5-3-4-10(13(11)15)12(16)6-9-17-7-1-2-8-17/h3-5,12H,1-2,6-9,16H2. The Bertz CT molecular complexity index is 376. The minimum absolute atomic E-state index is 0.282. The van der Waals surface area contributed by atoms with Gasteiger partial charge in [-0.05, 0) is 45.0 Å². The van der Waals surface area contributed by atoms with E-state index in [1.165, 1.54) is 18.9 Å². The lowest BCUT2D eigenvalue weighted by atomic mass is 10.0. The lowest BCUT2D eigenvalue weighted by molar-refractivity contribution is 0.320. The number of hydrogen-bond donors (Lipinski definition) is 1. The molecular weight excluding hydrogens is 222 g/mol. The summed E-state index contributed by atoms with van der Waals surface area (Å²) in [6.45, 7) is 3.05. The van der Waals surface area contributed by atoms with Crippen LogP contribution in [-0.2, 0) is 0 Å². The van der Waals surface area contributed by atoms with Crippen molar-refractivity contribution in [3.63, 3.8) is 0 Å². The second-order valence-corrected chi connectivity index (χ2v) is 4.59. The fourth-order valence-electron chi connectivity index (χ4n) is 2.29. The van der Waals surface area contributed by atoms with Gasteiger partial charge in [0, 0.05) is 11.6 Å². The van der Waals surface area contributed by atoms with Crippen LogP contribution in [0.2, 0.25) is 0 Å². The van der Waals surface area contributed by atoms with E-state index in [0.29, 0.717) is 6.42 Å². The van der Waals surface area contributed by atoms with Crippen LogP contribution >= 0.6 is 0 Å². The Balaban J connectivity index is 1.94. The van der Waals surface area contributed by atoms with Crippen molar-refractivity contribution < 1.29 is 8.78 Å². The zero-order valence-corrected chi connectivity index (χ0v) is 9.83. The van der Waals surface area contributed by atoms with Crippen molar-refractivity contribution in [2.24, 2.45) is 5.73 Å². The lowest BCUT2D eigenvalue weighted by Gasteiger charge is -2.18. The van der Waals surface area contributed by atoms with E-state index in [-0.39, 0.29) is 5.56 Å². The van der Waals surface area contributed by atoms with Gasteiger partial charge in [0.25, 0.3) is 0 Å². The van der Waals surface area contributed by atoms with Gasteiger partial charge >= 0.3 is 0 Å². The average Bonchev–Trinajstić information content (AvgIpc) is 2.82. The molecule has 0 radical (unpaired) electrons. The van der Waals surface area contributed by atoms with Gasteiger partial charge in [-0.25, -0.2) is 8.78 Å². The Morgan fingerprint density at radius 3 is 2.65 bits per heavy atom. The molecule has 0 saturated carbocycles. The zero-order valence-electron chi connectivity index (χ0n) is 9.83. The van der Waals surface area contributed by atoms with Crippen LogP contribution in [0.1, 0.15) is 30.9 Å². The molecule has 1 saturated heterocycles. The van der Waals surface area contributed by atoms with E-state index in [2.05, 4.69) is 4.90 Å². The Kier molecular flexibility index (Phi) is 4.07. The molecule has 1 aliphatic heterocycles. The second kappa shape index (κ2) is 5.56. The van der Waals surface area contributed by atoms with Crippen LogP contribution in [0.3, 0.4) is 0 Å². The van der Waals surface area contributed by atoms with Gasteiger partial charge in [-0.1, -0.05) is 12.1 Å². The van der Waals surface area contributed by atoms with Crippen LogP contribution in [-0.4, -0.2) is 24.5 Å². The molecule has 0 amide bonds. The fourth-order valence-corrected chi connectivity index (χ4v) is 2.29. The van der Waals surface area contributed by atoms with E-state index in [0.717, 1.165) is 25.7 Å². The van der Waals surface area contributed by atoms with Crippen LogP contribution in [0.25, 0.3) is 0 Å². The van der Waals surface area contributed by atoms with Gasteiger partial charge in [0.15, 0.2) is 11.6 Å². The van der Waals surface area contributed by atoms with Gasteiger partial charge < -0.3 is 10.6 Å². The summed E-state index contributed by atoms with van der Waals surface area (Å²) in [5, 5.41) is 0. The summed E-state index contributed by atoms with van der Waals surface area (Å²) in [6.07, 6.45) is 3.12. The maximum absolute atomic E-state index is 13.5. The molecule has 4 heteroatoms. The van der Waals surface area contributed by atoms with Crippen LogP contribution in [0, 0.1) is 11.6 Å². The van der Waals surface area contributed by atoms with Crippen LogP contribution in [0.4, 0.5) is 8.78 Å². The van der Waals surface area contributed by atoms with Crippen LogP contribution < -0.4 is 5.73 Å². The smallest absolute Gasteiger partial charge is 0.163 e. The predicted octanol–water partition coefficient (Wildman–Crippen LogP) is 2.45. The third-order valence-electron chi connectivity index (χ3n) is 3.34. The highest BCUT2D eigenvalue weighted by Crippen LogP contribution is 2.21. The number of nitrogens with zero attached hydrogens (tertiary/aromatic N) is 1. The van der Waals surface area contributed by atoms with Gasteiger partial charge in [-0.2, -0.15) is 0 Å². The first-order valence-corrected chi connectivity index (χ1v) is 6.10. The molecular formula is C13H18F2N2. The summed E-state index contributed by atoms with van der Waals surface area (Å²) in [4.78, 5) is 2.32. The minimum Gasteiger partial charge on any atom is -0.324 e. The predicted molar refractivity (Wildman–Crippen MR) is 63.6 cm³/mol. The topological polar surface area (TPSA) is 29.3 Å². The van der Waals surface area contributed by atoms with Gasteiger partial charge in [0.1, 0.15) is 0 Å². The monoisotopic (exact) mass is 240 g/mol. The molecule has 0 bridgehead atoms. The van der Waals surface area contributed by atoms with Crippen molar-refractivity contribution in [3.8, 4) is 0 Å². The summed E-state index contributed by atoms with van der Waals surface area (Å²) >= 11 is 0. The number of nitrogens with two attached hydrogens (primary N) is 1. The third-order valence-corrected chi connectivity index (χ3v) is 3.34. The molecule has 1 atom stereocenters. The Morgan fingerprint density at radius 1 is 1.24 bits per heavy atom. The molecule has 0 spiro atoms. The molecule has 2 rings (SSSR count). The van der Waals surface area contributed by atoms with Gasteiger partial charge in [-0.15, -0.1) is 0 Å². The van der Waals surface area contributed by atoms with Crippen molar-refractivity contribution in [1.29, 1.82) is 0 Å². The normalized spacial score (nSPS) is 18.5. The quantitative estimate of drug-likeness (QED) is 0.876. The second-order valence-electron chi connectivity index (χ2n) is 4.59. The number of hydrogen-bond acceptors (Lipinski definition) is 2. The molecule has 1 aromatic rings. The van der Waals surface area contributed by atoms with Crippen molar-refractivity contribution in [2.45, 2.75) is 25.3 Å². The Labute approximate surface area is 100 Å². The molecule has 0 aromatic heterocycles. The Morgan fingerprint density at radius 2 is 1.94 bits per heavy atom. The number of halogens is 2. The average molecular weight is 240 g/mol. The maximum Gasteiger partial charge on any atom is 0.163 e. The van der Waals surface area contributed by atoms with Gasteiger partial charge in [0.05, 0.1) is 0 Å². The first kappa shape index (κ1) is 12.5. The fraction of sp³-hybridized carbons (Fsp3) is 0.538. The lowest BCUT2D eigenvalue weighted by Crippen LogP contribution is -2.25. The van der Waals surface area contributed by atoms with E-state index in [1.54, 1.807) is 6.07 Å². The highest BCUT2D eigenvalue weighted by Gasteiger charge is 2.17. The Hall–Kier alpha value is -1.00. The molecule has 1 aromatic carbocycles. The number of benzene rings is 1. The molecule has 17 heavy (non-hydrogen) atoms. The number of rotatable bonds is 4. The first-order valence-electron chi connectivity index (χ1n) is 6.10. The highest BCUT2D eigenvalue weighted by atomic mass is 19.2. The van der Waals surface area contributed by atoms with Crippen LogP contribution in [0.5, 0.6) is 0 Å². The summed E-state index contributed by atoms with van der Waals surface area (Å²) in [6, 6.07) is 3.76. The summed E-state index contributed by atoms with van der Waals surface area (Å²) in [7, 11) is 0. The van der Waals surface area contributed by atoms with Gasteiger partial charge in [-0.3, -0.25) is 0 Å². The van der Waals surface area contributed by atoms with Crippen molar-refractivity contribution in [3.05, 3.63) is 35.4 Å². The van der Waals surface area contributed by atoms with E-state index in [4.69, 9.17) is 5.73 Å². The van der Waals surface area contributed by atoms with Gasteiger partial charge in [0.2, 0.25) is 0 Å². The summed E-state index contributed by atoms with van der Waals surface area (Å²) in [5.41, 5.74) is 6.19. The molecule has 1 unspecified atom stereocenters. The molecule has 1 fully saturated rings. The van der Waals surface area contributed by atoms with E-state index >= 15 is 0 Å². The van der Waals surface area contributed by atoms with Crippen molar-refractivity contribution in [1.82, 2.24) is 4.90 Å². The SMILES string of the molecule is NC(CCN1CCCC1)c1cccc(F)c1F. The summed E-state index contributed by atoms with van der Waals surface area (Å²) < 4.78 is 26.5. The third kappa shape index (κ3) is 3.01. The first-order chi connectivity index (χ1) is 8.18. The molecule has 1 heterocycles. The number of likely N-dealkylation sites (tertiary alicyclic amines) is 1. The van der Waals surface area contributed by atoms with E-state index in [9.17, 15) is 8.78 Å². The van der Waals surface area contributed by atoms with E-state index in [1.807, 2.05) is 0 Å². The highest BCUT2D eigenvalue weighted by molar-refractivity contribution is 5.22. The largest absolute Gasteiger partial charge is 0.324 e. The molecule has 0 aliphatic carbocycles. The van der Waals surface area contributed by atoms with Crippen molar-refractivity contribution in [2.75, 3.05) is 19.6 Å². The minimum atomic E-state index is -0.820.